The van der Waals surface area contributed by atoms with Crippen LogP contribution in [0.15, 0.2) is 60.7 Å². The number of ether oxygens (including phenoxy) is 4. The third-order valence-electron chi connectivity index (χ3n) is 11.5. The molecule has 0 unspecified atom stereocenters. The summed E-state index contributed by atoms with van der Waals surface area (Å²) in [6.07, 6.45) is -2.07. The van der Waals surface area contributed by atoms with Gasteiger partial charge in [0.15, 0.2) is 24.4 Å². The number of esters is 4. The molecule has 0 spiro atoms. The van der Waals surface area contributed by atoms with Crippen molar-refractivity contribution in [3.05, 3.63) is 71.8 Å². The van der Waals surface area contributed by atoms with Gasteiger partial charge in [0.1, 0.15) is 24.2 Å². The molecule has 0 aromatic heterocycles. The molecule has 0 aliphatic carbocycles. The second-order valence-electron chi connectivity index (χ2n) is 17.0. The van der Waals surface area contributed by atoms with E-state index in [0.717, 1.165) is 28.2 Å². The van der Waals surface area contributed by atoms with Crippen LogP contribution in [0.3, 0.4) is 0 Å². The Morgan fingerprint density at radius 3 is 1.83 bits per heavy atom. The average Bonchev–Trinajstić information content (AvgIpc) is 3.29. The summed E-state index contributed by atoms with van der Waals surface area (Å²) in [6.45, 7) is 9.76. The number of carbonyl (C=O) groups is 8. The van der Waals surface area contributed by atoms with Gasteiger partial charge in [-0.15, -0.1) is 0 Å². The molecular formula is C48H68N4O13. The molecule has 1 fully saturated rings. The lowest BCUT2D eigenvalue weighted by molar-refractivity contribution is -0.175. The van der Waals surface area contributed by atoms with E-state index >= 15 is 0 Å². The molecule has 0 saturated carbocycles. The van der Waals surface area contributed by atoms with Gasteiger partial charge in [0, 0.05) is 33.5 Å². The molecule has 1 aliphatic rings. The Labute approximate surface area is 382 Å². The average molecular weight is 909 g/mol. The zero-order chi connectivity index (χ0) is 48.4. The van der Waals surface area contributed by atoms with Crippen LogP contribution in [-0.2, 0) is 70.1 Å². The van der Waals surface area contributed by atoms with Crippen LogP contribution in [0.4, 0.5) is 0 Å². The maximum Gasteiger partial charge on any atom is 0.344 e. The fraction of sp³-hybridized carbons (Fsp3) is 0.583. The van der Waals surface area contributed by atoms with Crippen molar-refractivity contribution in [2.75, 3.05) is 27.7 Å². The zero-order valence-electron chi connectivity index (χ0n) is 39.2. The van der Waals surface area contributed by atoms with Crippen LogP contribution in [0.5, 0.6) is 0 Å². The van der Waals surface area contributed by atoms with E-state index in [1.54, 1.807) is 61.6 Å². The minimum absolute atomic E-state index is 0.0454. The number of hydrogen-bond donors (Lipinski definition) is 2. The Balaban J connectivity index is 1.80. The van der Waals surface area contributed by atoms with Crippen molar-refractivity contribution in [1.29, 1.82) is 0 Å². The molecule has 0 bridgehead atoms. The molecule has 358 valence electrons. The SMILES string of the molecule is CCCC[C@H](NC)C(=O)O[C@H](Cc1ccccc1)C(=O)N(C)[C@@H](C)C(=O)O[C@H](C)C(=O)N(C)[C@@H](CC(C)C)C(=O)O[C@H](Cc1ccccc1)C(=O)N1CCCC[C@H]1C(=O)O[C@H](C)C(=O)O. The molecule has 2 N–H and O–H groups in total. The number of carboxylic acids is 1. The van der Waals surface area contributed by atoms with Crippen LogP contribution in [0.2, 0.25) is 0 Å². The van der Waals surface area contributed by atoms with Crippen molar-refractivity contribution in [3.63, 3.8) is 0 Å². The Morgan fingerprint density at radius 1 is 0.723 bits per heavy atom. The van der Waals surface area contributed by atoms with E-state index in [1.165, 1.54) is 39.8 Å². The number of rotatable bonds is 24. The minimum atomic E-state index is -1.45. The molecule has 2 aromatic rings. The molecule has 2 aromatic carbocycles. The number of likely N-dealkylation sites (tertiary alicyclic amines) is 1. The van der Waals surface area contributed by atoms with E-state index in [2.05, 4.69) is 5.32 Å². The number of nitrogens with zero attached hydrogens (tertiary/aromatic N) is 3. The van der Waals surface area contributed by atoms with E-state index in [-0.39, 0.29) is 38.1 Å². The van der Waals surface area contributed by atoms with E-state index in [0.29, 0.717) is 24.8 Å². The van der Waals surface area contributed by atoms with Gasteiger partial charge in [-0.1, -0.05) is 94.3 Å². The van der Waals surface area contributed by atoms with Crippen molar-refractivity contribution in [2.24, 2.45) is 5.92 Å². The maximum absolute atomic E-state index is 14.3. The number of likely N-dealkylation sites (N-methyl/N-ethyl adjacent to an activating group) is 3. The number of unbranched alkanes of at least 4 members (excludes halogenated alkanes) is 1. The van der Waals surface area contributed by atoms with Gasteiger partial charge in [0.2, 0.25) is 0 Å². The summed E-state index contributed by atoms with van der Waals surface area (Å²) in [5, 5.41) is 12.3. The molecule has 1 aliphatic heterocycles. The maximum atomic E-state index is 14.3. The molecule has 65 heavy (non-hydrogen) atoms. The number of piperidine rings is 1. The largest absolute Gasteiger partial charge is 0.479 e. The number of carboxylic acid groups (broad SMARTS) is 1. The smallest absolute Gasteiger partial charge is 0.344 e. The van der Waals surface area contributed by atoms with Gasteiger partial charge in [-0.2, -0.15) is 0 Å². The number of nitrogens with one attached hydrogen (secondary N) is 1. The number of aliphatic carboxylic acids is 1. The lowest BCUT2D eigenvalue weighted by Gasteiger charge is -2.37. The number of amides is 3. The van der Waals surface area contributed by atoms with Gasteiger partial charge in [-0.25, -0.2) is 19.2 Å². The van der Waals surface area contributed by atoms with Gasteiger partial charge in [0.05, 0.1) is 0 Å². The van der Waals surface area contributed by atoms with Gasteiger partial charge >= 0.3 is 29.8 Å². The van der Waals surface area contributed by atoms with Gasteiger partial charge in [-0.3, -0.25) is 19.2 Å². The first-order valence-electron chi connectivity index (χ1n) is 22.4. The molecule has 0 radical (unpaired) electrons. The number of carbonyl (C=O) groups excluding carboxylic acids is 7. The third kappa shape index (κ3) is 16.0. The highest BCUT2D eigenvalue weighted by Gasteiger charge is 2.42. The predicted octanol–water partition coefficient (Wildman–Crippen LogP) is 4.12. The summed E-state index contributed by atoms with van der Waals surface area (Å²) in [5.74, 6) is -6.93. The van der Waals surface area contributed by atoms with Crippen LogP contribution in [-0.4, -0.2) is 144 Å². The quantitative estimate of drug-likeness (QED) is 0.112. The van der Waals surface area contributed by atoms with Crippen molar-refractivity contribution in [1.82, 2.24) is 20.0 Å². The molecule has 3 rings (SSSR count). The first-order valence-corrected chi connectivity index (χ1v) is 22.4. The monoisotopic (exact) mass is 908 g/mol. The second kappa shape index (κ2) is 26.2. The summed E-state index contributed by atoms with van der Waals surface area (Å²) in [5.41, 5.74) is 1.38. The Hall–Kier alpha value is -5.84. The summed E-state index contributed by atoms with van der Waals surface area (Å²) in [7, 11) is 4.37. The summed E-state index contributed by atoms with van der Waals surface area (Å²) in [4.78, 5) is 111. The predicted molar refractivity (Wildman–Crippen MR) is 239 cm³/mol. The highest BCUT2D eigenvalue weighted by Crippen LogP contribution is 2.24. The molecule has 17 nitrogen and oxygen atoms in total. The summed E-state index contributed by atoms with van der Waals surface area (Å²) < 4.78 is 22.5. The minimum Gasteiger partial charge on any atom is -0.479 e. The standard InChI is InChI=1S/C48H68N4O13/c1-10-11-24-36(49-7)46(59)64-39(28-34-20-14-12-15-21-34)42(54)50(8)31(4)45(58)62-32(5)41(53)51(9)38(27-30(2)3)48(61)65-40(29-35-22-16-13-17-23-35)43(55)52-26-19-18-25-37(52)47(60)63-33(6)44(56)57/h12-17,20-23,30-33,36-40,49H,10-11,18-19,24-29H2,1-9H3,(H,56,57)/t31-,32+,33+,36-,37-,38-,39+,40+/m0/s1. The van der Waals surface area contributed by atoms with Gasteiger partial charge < -0.3 is 44.1 Å². The summed E-state index contributed by atoms with van der Waals surface area (Å²) >= 11 is 0. The first-order chi connectivity index (χ1) is 30.8. The Bertz CT molecular complexity index is 1910. The van der Waals surface area contributed by atoms with Crippen LogP contribution >= 0.6 is 0 Å². The molecule has 17 heteroatoms. The molecule has 1 saturated heterocycles. The Morgan fingerprint density at radius 2 is 1.29 bits per heavy atom. The fourth-order valence-electron chi connectivity index (χ4n) is 7.37. The second-order valence-corrected chi connectivity index (χ2v) is 17.0. The Kier molecular flexibility index (Phi) is 21.6. The third-order valence-corrected chi connectivity index (χ3v) is 11.5. The van der Waals surface area contributed by atoms with Crippen molar-refractivity contribution < 1.29 is 62.4 Å². The van der Waals surface area contributed by atoms with E-state index in [4.69, 9.17) is 18.9 Å². The molecule has 3 amide bonds. The van der Waals surface area contributed by atoms with Crippen LogP contribution in [0, 0.1) is 5.92 Å². The lowest BCUT2D eigenvalue weighted by Crippen LogP contribution is -2.55. The van der Waals surface area contributed by atoms with E-state index < -0.39 is 96.2 Å². The van der Waals surface area contributed by atoms with E-state index in [1.807, 2.05) is 26.8 Å². The molecule has 8 atom stereocenters. The van der Waals surface area contributed by atoms with Crippen molar-refractivity contribution >= 4 is 47.6 Å². The molecule has 1 heterocycles. The van der Waals surface area contributed by atoms with Crippen LogP contribution in [0.25, 0.3) is 0 Å². The zero-order valence-corrected chi connectivity index (χ0v) is 39.2. The first kappa shape index (κ1) is 53.5. The van der Waals surface area contributed by atoms with Crippen LogP contribution in [0.1, 0.15) is 97.6 Å². The van der Waals surface area contributed by atoms with Gasteiger partial charge in [-0.05, 0) is 77.0 Å². The van der Waals surface area contributed by atoms with Crippen LogP contribution < -0.4 is 5.32 Å². The number of hydrogen-bond acceptors (Lipinski definition) is 13. The summed E-state index contributed by atoms with van der Waals surface area (Å²) in [6, 6.07) is 13.6. The highest BCUT2D eigenvalue weighted by atomic mass is 16.6. The molecular weight excluding hydrogens is 841 g/mol. The number of benzene rings is 2. The highest BCUT2D eigenvalue weighted by molar-refractivity contribution is 5.93. The normalized spacial score (nSPS) is 17.0. The fourth-order valence-corrected chi connectivity index (χ4v) is 7.37. The van der Waals surface area contributed by atoms with Crippen molar-refractivity contribution in [3.8, 4) is 0 Å². The van der Waals surface area contributed by atoms with E-state index in [9.17, 15) is 43.5 Å². The van der Waals surface area contributed by atoms with Crippen molar-refractivity contribution in [2.45, 2.75) is 148 Å². The topological polar surface area (TPSA) is 215 Å². The van der Waals surface area contributed by atoms with Gasteiger partial charge in [0.25, 0.3) is 17.7 Å². The lowest BCUT2D eigenvalue weighted by atomic mass is 9.99.